The SMILES string of the molecule is NNC(Cc1ccco1)C1(c2ccccc2)CCC1. The molecule has 1 unspecified atom stereocenters. The lowest BCUT2D eigenvalue weighted by Gasteiger charge is -2.48. The van der Waals surface area contributed by atoms with E-state index in [-0.39, 0.29) is 11.5 Å². The van der Waals surface area contributed by atoms with Gasteiger partial charge in [-0.2, -0.15) is 0 Å². The number of benzene rings is 1. The van der Waals surface area contributed by atoms with Crippen LogP contribution >= 0.6 is 0 Å². The molecule has 1 fully saturated rings. The Balaban J connectivity index is 1.87. The first-order valence-electron chi connectivity index (χ1n) is 6.89. The summed E-state index contributed by atoms with van der Waals surface area (Å²) < 4.78 is 5.47. The highest BCUT2D eigenvalue weighted by atomic mass is 16.3. The molecule has 1 aliphatic carbocycles. The average molecular weight is 256 g/mol. The smallest absolute Gasteiger partial charge is 0.105 e. The van der Waals surface area contributed by atoms with E-state index >= 15 is 0 Å². The third-order valence-corrected chi connectivity index (χ3v) is 4.45. The summed E-state index contributed by atoms with van der Waals surface area (Å²) in [7, 11) is 0. The van der Waals surface area contributed by atoms with Crippen LogP contribution in [0.2, 0.25) is 0 Å². The van der Waals surface area contributed by atoms with Crippen molar-refractivity contribution in [2.75, 3.05) is 0 Å². The van der Waals surface area contributed by atoms with Crippen molar-refractivity contribution in [3.63, 3.8) is 0 Å². The molecule has 0 aliphatic heterocycles. The zero-order valence-electron chi connectivity index (χ0n) is 11.0. The van der Waals surface area contributed by atoms with Crippen LogP contribution in [0.3, 0.4) is 0 Å². The zero-order valence-corrected chi connectivity index (χ0v) is 11.0. The minimum atomic E-state index is 0.156. The zero-order chi connectivity index (χ0) is 13.1. The molecule has 0 amide bonds. The van der Waals surface area contributed by atoms with Crippen LogP contribution in [-0.2, 0) is 11.8 Å². The van der Waals surface area contributed by atoms with E-state index in [1.807, 2.05) is 12.1 Å². The van der Waals surface area contributed by atoms with Crippen LogP contribution in [0.25, 0.3) is 0 Å². The van der Waals surface area contributed by atoms with Gasteiger partial charge in [0.1, 0.15) is 5.76 Å². The maximum atomic E-state index is 5.83. The summed E-state index contributed by atoms with van der Waals surface area (Å²) in [6.07, 6.45) is 6.20. The molecule has 1 atom stereocenters. The lowest BCUT2D eigenvalue weighted by atomic mass is 9.59. The van der Waals surface area contributed by atoms with E-state index < -0.39 is 0 Å². The molecule has 100 valence electrons. The minimum Gasteiger partial charge on any atom is -0.469 e. The van der Waals surface area contributed by atoms with Crippen LogP contribution < -0.4 is 11.3 Å². The van der Waals surface area contributed by atoms with Gasteiger partial charge in [0.2, 0.25) is 0 Å². The van der Waals surface area contributed by atoms with E-state index in [1.54, 1.807) is 6.26 Å². The summed E-state index contributed by atoms with van der Waals surface area (Å²) in [5.74, 6) is 6.82. The van der Waals surface area contributed by atoms with Crippen LogP contribution in [-0.4, -0.2) is 6.04 Å². The van der Waals surface area contributed by atoms with Gasteiger partial charge in [0.25, 0.3) is 0 Å². The molecule has 1 aromatic carbocycles. The number of nitrogens with one attached hydrogen (secondary N) is 1. The van der Waals surface area contributed by atoms with Gasteiger partial charge in [-0.15, -0.1) is 0 Å². The summed E-state index contributed by atoms with van der Waals surface area (Å²) >= 11 is 0. The molecule has 1 saturated carbocycles. The molecule has 2 aromatic rings. The van der Waals surface area contributed by atoms with Gasteiger partial charge in [-0.3, -0.25) is 11.3 Å². The first kappa shape index (κ1) is 12.5. The van der Waals surface area contributed by atoms with Crippen molar-refractivity contribution >= 4 is 0 Å². The van der Waals surface area contributed by atoms with Crippen LogP contribution in [0.1, 0.15) is 30.6 Å². The Bertz CT molecular complexity index is 503. The Hall–Kier alpha value is -1.58. The fourth-order valence-electron chi connectivity index (χ4n) is 3.21. The molecular weight excluding hydrogens is 236 g/mol. The summed E-state index contributed by atoms with van der Waals surface area (Å²) in [4.78, 5) is 0. The first-order valence-corrected chi connectivity index (χ1v) is 6.89. The second kappa shape index (κ2) is 5.19. The molecule has 3 heteroatoms. The highest BCUT2D eigenvalue weighted by Crippen LogP contribution is 2.47. The quantitative estimate of drug-likeness (QED) is 0.639. The first-order chi connectivity index (χ1) is 9.35. The molecule has 19 heavy (non-hydrogen) atoms. The normalized spacial score (nSPS) is 18.8. The molecular formula is C16H20N2O. The predicted octanol–water partition coefficient (Wildman–Crippen LogP) is 2.78. The Morgan fingerprint density at radius 1 is 1.16 bits per heavy atom. The molecule has 3 N–H and O–H groups in total. The Labute approximate surface area is 113 Å². The van der Waals surface area contributed by atoms with Crippen molar-refractivity contribution in [3.8, 4) is 0 Å². The van der Waals surface area contributed by atoms with Gasteiger partial charge >= 0.3 is 0 Å². The van der Waals surface area contributed by atoms with E-state index in [9.17, 15) is 0 Å². The average Bonchev–Trinajstić information content (AvgIpc) is 2.90. The van der Waals surface area contributed by atoms with E-state index in [1.165, 1.54) is 24.8 Å². The van der Waals surface area contributed by atoms with Crippen LogP contribution in [0, 0.1) is 0 Å². The van der Waals surface area contributed by atoms with Gasteiger partial charge in [0.15, 0.2) is 0 Å². The minimum absolute atomic E-state index is 0.156. The number of furan rings is 1. The molecule has 3 rings (SSSR count). The number of nitrogens with two attached hydrogens (primary N) is 1. The Morgan fingerprint density at radius 2 is 1.95 bits per heavy atom. The van der Waals surface area contributed by atoms with Crippen molar-refractivity contribution < 1.29 is 4.42 Å². The van der Waals surface area contributed by atoms with Gasteiger partial charge in [-0.1, -0.05) is 36.8 Å². The number of hydrogen-bond acceptors (Lipinski definition) is 3. The molecule has 0 saturated heterocycles. The predicted molar refractivity (Wildman–Crippen MR) is 75.5 cm³/mol. The molecule has 1 aromatic heterocycles. The van der Waals surface area contributed by atoms with E-state index in [2.05, 4.69) is 35.8 Å². The van der Waals surface area contributed by atoms with Crippen molar-refractivity contribution in [3.05, 3.63) is 60.1 Å². The molecule has 0 spiro atoms. The Kier molecular flexibility index (Phi) is 3.40. The highest BCUT2D eigenvalue weighted by Gasteiger charge is 2.45. The second-order valence-electron chi connectivity index (χ2n) is 5.38. The second-order valence-corrected chi connectivity index (χ2v) is 5.38. The van der Waals surface area contributed by atoms with Crippen molar-refractivity contribution in [1.29, 1.82) is 0 Å². The van der Waals surface area contributed by atoms with Crippen LogP contribution in [0.15, 0.2) is 53.1 Å². The van der Waals surface area contributed by atoms with Crippen LogP contribution in [0.4, 0.5) is 0 Å². The number of hydrogen-bond donors (Lipinski definition) is 2. The Morgan fingerprint density at radius 3 is 2.47 bits per heavy atom. The van der Waals surface area contributed by atoms with E-state index in [4.69, 9.17) is 10.3 Å². The summed E-state index contributed by atoms with van der Waals surface area (Å²) in [5, 5.41) is 0. The lowest BCUT2D eigenvalue weighted by Crippen LogP contribution is -2.56. The van der Waals surface area contributed by atoms with Gasteiger partial charge in [0.05, 0.1) is 6.26 Å². The molecule has 3 nitrogen and oxygen atoms in total. The van der Waals surface area contributed by atoms with Crippen molar-refractivity contribution in [2.45, 2.75) is 37.1 Å². The molecule has 1 aliphatic rings. The van der Waals surface area contributed by atoms with Crippen molar-refractivity contribution in [1.82, 2.24) is 5.43 Å². The number of hydrazine groups is 1. The lowest BCUT2D eigenvalue weighted by molar-refractivity contribution is 0.163. The summed E-state index contributed by atoms with van der Waals surface area (Å²) in [6.45, 7) is 0. The van der Waals surface area contributed by atoms with E-state index in [0.29, 0.717) is 0 Å². The fraction of sp³-hybridized carbons (Fsp3) is 0.375. The highest BCUT2D eigenvalue weighted by molar-refractivity contribution is 5.31. The maximum absolute atomic E-state index is 5.83. The van der Waals surface area contributed by atoms with E-state index in [0.717, 1.165) is 12.2 Å². The molecule has 0 radical (unpaired) electrons. The largest absolute Gasteiger partial charge is 0.469 e. The van der Waals surface area contributed by atoms with Crippen molar-refractivity contribution in [2.24, 2.45) is 5.84 Å². The van der Waals surface area contributed by atoms with Gasteiger partial charge < -0.3 is 4.42 Å². The molecule has 0 bridgehead atoms. The third kappa shape index (κ3) is 2.20. The topological polar surface area (TPSA) is 51.2 Å². The van der Waals surface area contributed by atoms with Gasteiger partial charge in [-0.25, -0.2) is 0 Å². The van der Waals surface area contributed by atoms with Gasteiger partial charge in [0, 0.05) is 17.9 Å². The number of rotatable bonds is 5. The maximum Gasteiger partial charge on any atom is 0.105 e. The third-order valence-electron chi connectivity index (χ3n) is 4.45. The summed E-state index contributed by atoms with van der Waals surface area (Å²) in [6, 6.07) is 14.9. The summed E-state index contributed by atoms with van der Waals surface area (Å²) in [5.41, 5.74) is 4.56. The monoisotopic (exact) mass is 256 g/mol. The fourth-order valence-corrected chi connectivity index (χ4v) is 3.21. The standard InChI is InChI=1S/C16H20N2O/c17-18-15(12-14-8-4-11-19-14)16(9-5-10-16)13-6-2-1-3-7-13/h1-4,6-8,11,15,18H,5,9-10,12,17H2. The van der Waals surface area contributed by atoms with Crippen LogP contribution in [0.5, 0.6) is 0 Å². The van der Waals surface area contributed by atoms with Gasteiger partial charge in [-0.05, 0) is 30.5 Å². The molecule has 1 heterocycles.